The van der Waals surface area contributed by atoms with E-state index in [9.17, 15) is 13.2 Å². The fourth-order valence-electron chi connectivity index (χ4n) is 11.9. The van der Waals surface area contributed by atoms with Gasteiger partial charge in [-0.1, -0.05) is 383 Å². The van der Waals surface area contributed by atoms with E-state index in [1.54, 1.807) is 18.2 Å². The molecule has 0 saturated carbocycles. The molecule has 508 valence electrons. The zero-order chi connectivity index (χ0) is 72.4. The summed E-state index contributed by atoms with van der Waals surface area (Å²) in [4.78, 5) is 0. The summed E-state index contributed by atoms with van der Waals surface area (Å²) in [6.07, 6.45) is 0. The van der Waals surface area contributed by atoms with Gasteiger partial charge in [0.1, 0.15) is 17.5 Å². The minimum absolute atomic E-state index is 0.183. The van der Waals surface area contributed by atoms with Crippen molar-refractivity contribution in [3.63, 3.8) is 0 Å². The van der Waals surface area contributed by atoms with Gasteiger partial charge in [0, 0.05) is 16.7 Å². The first-order valence-corrected chi connectivity index (χ1v) is 35.1. The molecule has 0 aliphatic heterocycles. The van der Waals surface area contributed by atoms with Crippen molar-refractivity contribution in [3.05, 3.63) is 419 Å². The molecule has 0 aliphatic carbocycles. The molecule has 0 heterocycles. The van der Waals surface area contributed by atoms with E-state index in [1.165, 1.54) is 100 Å². The Bertz CT molecular complexity index is 4610. The number of aryl methyl sites for hydroxylation is 10. The zero-order valence-electron chi connectivity index (χ0n) is 60.5. The monoisotopic (exact) mass is 1340 g/mol. The standard InChI is InChI=1S/3C20H17F.2C20H18/c3*1-14-3-7-16(8-4-14)18-11-12-19(20(21)13-18)17-9-5-15(2)6-10-17;2*1-15-3-7-17(8-4-15)19-11-13-20(14-12-19)18-9-5-16(2)6-10-18/h3*3-13H,1-2H3;2*3-14H,1-2H3. The summed E-state index contributed by atoms with van der Waals surface area (Å²) in [5.74, 6) is -0.550. The van der Waals surface area contributed by atoms with Gasteiger partial charge < -0.3 is 0 Å². The van der Waals surface area contributed by atoms with E-state index in [-0.39, 0.29) is 17.5 Å². The Labute approximate surface area is 608 Å². The molecular formula is C100H87F3. The minimum Gasteiger partial charge on any atom is -0.206 e. The molecule has 0 aliphatic rings. The smallest absolute Gasteiger partial charge is 0.131 e. The van der Waals surface area contributed by atoms with Crippen molar-refractivity contribution >= 4 is 0 Å². The second-order valence-electron chi connectivity index (χ2n) is 26.9. The van der Waals surface area contributed by atoms with Crippen molar-refractivity contribution in [2.45, 2.75) is 69.2 Å². The SMILES string of the molecule is Cc1ccc(-c2ccc(-c3ccc(C)cc3)c(F)c2)cc1.Cc1ccc(-c2ccc(-c3ccc(C)cc3)c(F)c2)cc1.Cc1ccc(-c2ccc(-c3ccc(C)cc3)c(F)c2)cc1.Cc1ccc(-c2ccc(-c3ccc(C)cc3)cc2)cc1.Cc1ccc(-c2ccc(-c3ccc(C)cc3)cc2)cc1. The molecule has 15 aromatic rings. The van der Waals surface area contributed by atoms with Crippen LogP contribution >= 0.6 is 0 Å². The summed E-state index contributed by atoms with van der Waals surface area (Å²) in [6, 6.07) is 117. The van der Waals surface area contributed by atoms with Gasteiger partial charge in [-0.05, 0) is 182 Å². The molecule has 0 spiro atoms. The quantitative estimate of drug-likeness (QED) is 0.128. The largest absolute Gasteiger partial charge is 0.206 e. The lowest BCUT2D eigenvalue weighted by Crippen LogP contribution is -1.87. The number of hydrogen-bond acceptors (Lipinski definition) is 0. The van der Waals surface area contributed by atoms with Gasteiger partial charge in [-0.25, -0.2) is 13.2 Å². The number of hydrogen-bond donors (Lipinski definition) is 0. The Morgan fingerprint density at radius 3 is 0.340 bits per heavy atom. The van der Waals surface area contributed by atoms with E-state index in [4.69, 9.17) is 0 Å². The summed E-state index contributed by atoms with van der Waals surface area (Å²) in [5, 5.41) is 0. The molecule has 0 radical (unpaired) electrons. The van der Waals surface area contributed by atoms with Gasteiger partial charge in [-0.2, -0.15) is 0 Å². The predicted octanol–water partition coefficient (Wildman–Crippen LogP) is 28.6. The molecule has 0 N–H and O–H groups in total. The molecule has 0 fully saturated rings. The van der Waals surface area contributed by atoms with Gasteiger partial charge in [0.2, 0.25) is 0 Å². The number of benzene rings is 15. The van der Waals surface area contributed by atoms with E-state index in [0.29, 0.717) is 16.7 Å². The average Bonchev–Trinajstić information content (AvgIpc) is 0.873. The van der Waals surface area contributed by atoms with E-state index in [2.05, 4.69) is 173 Å². The summed E-state index contributed by atoms with van der Waals surface area (Å²) in [5.41, 5.74) is 33.0. The van der Waals surface area contributed by atoms with Crippen LogP contribution in [0.5, 0.6) is 0 Å². The maximum absolute atomic E-state index is 14.4. The maximum Gasteiger partial charge on any atom is 0.131 e. The zero-order valence-corrected chi connectivity index (χ0v) is 60.5. The first kappa shape index (κ1) is 72.3. The van der Waals surface area contributed by atoms with Crippen molar-refractivity contribution < 1.29 is 13.2 Å². The van der Waals surface area contributed by atoms with Crippen LogP contribution in [0.3, 0.4) is 0 Å². The van der Waals surface area contributed by atoms with Gasteiger partial charge in [-0.3, -0.25) is 0 Å². The minimum atomic E-state index is -0.183. The topological polar surface area (TPSA) is 0 Å². The van der Waals surface area contributed by atoms with E-state index >= 15 is 0 Å². The summed E-state index contributed by atoms with van der Waals surface area (Å²) in [6.45, 7) is 20.7. The van der Waals surface area contributed by atoms with Crippen molar-refractivity contribution in [2.75, 3.05) is 0 Å². The normalized spacial score (nSPS) is 10.6. The van der Waals surface area contributed by atoms with Crippen LogP contribution in [0.4, 0.5) is 13.2 Å². The highest BCUT2D eigenvalue weighted by Gasteiger charge is 2.12. The van der Waals surface area contributed by atoms with Crippen LogP contribution in [0, 0.1) is 86.7 Å². The van der Waals surface area contributed by atoms with Crippen LogP contribution < -0.4 is 0 Å². The molecule has 3 heteroatoms. The van der Waals surface area contributed by atoms with Crippen LogP contribution in [0.25, 0.3) is 111 Å². The van der Waals surface area contributed by atoms with Gasteiger partial charge >= 0.3 is 0 Å². The molecule has 0 atom stereocenters. The van der Waals surface area contributed by atoms with E-state index in [0.717, 1.165) is 50.1 Å². The Hall–Kier alpha value is -11.9. The lowest BCUT2D eigenvalue weighted by atomic mass is 9.98. The molecule has 0 saturated heterocycles. The van der Waals surface area contributed by atoms with Gasteiger partial charge in [0.05, 0.1) is 0 Å². The number of halogens is 3. The van der Waals surface area contributed by atoms with Crippen LogP contribution in [0.15, 0.2) is 346 Å². The van der Waals surface area contributed by atoms with Crippen molar-refractivity contribution in [1.82, 2.24) is 0 Å². The third-order valence-corrected chi connectivity index (χ3v) is 18.5. The molecular weight excluding hydrogens is 1260 g/mol. The third-order valence-electron chi connectivity index (χ3n) is 18.5. The van der Waals surface area contributed by atoms with Crippen LogP contribution in [-0.4, -0.2) is 0 Å². The maximum atomic E-state index is 14.4. The molecule has 103 heavy (non-hydrogen) atoms. The summed E-state index contributed by atoms with van der Waals surface area (Å²) < 4.78 is 43.2. The van der Waals surface area contributed by atoms with Crippen molar-refractivity contribution in [2.24, 2.45) is 0 Å². The highest BCUT2D eigenvalue weighted by atomic mass is 19.1. The Morgan fingerprint density at radius 1 is 0.117 bits per heavy atom. The Balaban J connectivity index is 0.000000129. The van der Waals surface area contributed by atoms with E-state index in [1.807, 2.05) is 224 Å². The molecule has 0 unspecified atom stereocenters. The lowest BCUT2D eigenvalue weighted by molar-refractivity contribution is 0.631. The first-order chi connectivity index (χ1) is 49.8. The predicted molar refractivity (Wildman–Crippen MR) is 434 cm³/mol. The van der Waals surface area contributed by atoms with Crippen LogP contribution in [0.2, 0.25) is 0 Å². The fourth-order valence-corrected chi connectivity index (χ4v) is 11.9. The Morgan fingerprint density at radius 2 is 0.214 bits per heavy atom. The molecule has 15 aromatic carbocycles. The Kier molecular flexibility index (Phi) is 24.2. The van der Waals surface area contributed by atoms with E-state index < -0.39 is 0 Å². The second-order valence-corrected chi connectivity index (χ2v) is 26.9. The second kappa shape index (κ2) is 34.4. The molecule has 0 bridgehead atoms. The van der Waals surface area contributed by atoms with Crippen LogP contribution in [-0.2, 0) is 0 Å². The molecule has 15 rings (SSSR count). The van der Waals surface area contributed by atoms with Crippen LogP contribution in [0.1, 0.15) is 55.6 Å². The molecule has 0 aromatic heterocycles. The average molecular weight is 1350 g/mol. The lowest BCUT2D eigenvalue weighted by Gasteiger charge is -2.08. The van der Waals surface area contributed by atoms with Crippen molar-refractivity contribution in [3.8, 4) is 111 Å². The molecule has 0 amide bonds. The van der Waals surface area contributed by atoms with Crippen molar-refractivity contribution in [1.29, 1.82) is 0 Å². The van der Waals surface area contributed by atoms with Gasteiger partial charge in [0.25, 0.3) is 0 Å². The van der Waals surface area contributed by atoms with Gasteiger partial charge in [0.15, 0.2) is 0 Å². The highest BCUT2D eigenvalue weighted by molar-refractivity contribution is 5.76. The van der Waals surface area contributed by atoms with Gasteiger partial charge in [-0.15, -0.1) is 0 Å². The molecule has 0 nitrogen and oxygen atoms in total. The summed E-state index contributed by atoms with van der Waals surface area (Å²) >= 11 is 0. The fraction of sp³-hybridized carbons (Fsp3) is 0.100. The summed E-state index contributed by atoms with van der Waals surface area (Å²) in [7, 11) is 0. The number of rotatable bonds is 10. The first-order valence-electron chi connectivity index (χ1n) is 35.1. The highest BCUT2D eigenvalue weighted by Crippen LogP contribution is 2.34. The third kappa shape index (κ3) is 20.0.